The number of amides is 1. The molecule has 1 amide bonds. The molecule has 5 nitrogen and oxygen atoms in total. The van der Waals surface area contributed by atoms with Crippen molar-refractivity contribution >= 4 is 34.6 Å². The van der Waals surface area contributed by atoms with Gasteiger partial charge in [-0.2, -0.15) is 0 Å². The average Bonchev–Trinajstić information content (AvgIpc) is 2.94. The van der Waals surface area contributed by atoms with Crippen molar-refractivity contribution in [2.24, 2.45) is 4.99 Å². The summed E-state index contributed by atoms with van der Waals surface area (Å²) >= 11 is 1.35. The van der Waals surface area contributed by atoms with Crippen LogP contribution in [-0.2, 0) is 4.79 Å². The maximum atomic E-state index is 12.9. The van der Waals surface area contributed by atoms with Gasteiger partial charge in [-0.05, 0) is 68.4 Å². The Hall–Kier alpha value is -2.73. The van der Waals surface area contributed by atoms with Crippen LogP contribution in [0.1, 0.15) is 26.3 Å². The molecule has 1 saturated heterocycles. The zero-order chi connectivity index (χ0) is 19.4. The molecule has 140 valence electrons. The van der Waals surface area contributed by atoms with Crippen molar-refractivity contribution in [3.63, 3.8) is 0 Å². The van der Waals surface area contributed by atoms with Crippen LogP contribution < -0.4 is 4.74 Å². The molecule has 3 rings (SSSR count). The molecule has 0 atom stereocenters. The van der Waals surface area contributed by atoms with E-state index in [1.54, 1.807) is 29.2 Å². The molecule has 0 aliphatic carbocycles. The van der Waals surface area contributed by atoms with Crippen molar-refractivity contribution in [2.75, 3.05) is 6.61 Å². The molecule has 2 aromatic carbocycles. The standard InChI is InChI=1S/C21H22N2O3S/c1-4-26-18-12-15(10-11-17(18)24)13-19-20(25)23(14(2)3)21(27-19)22-16-8-6-5-7-9-16/h5-14,24H,4H2,1-3H3/b19-13+,22-21?. The summed E-state index contributed by atoms with van der Waals surface area (Å²) in [7, 11) is 0. The van der Waals surface area contributed by atoms with Gasteiger partial charge in [-0.1, -0.05) is 24.3 Å². The second-order valence-corrected chi connectivity index (χ2v) is 7.28. The second kappa shape index (κ2) is 8.31. The summed E-state index contributed by atoms with van der Waals surface area (Å²) in [6, 6.07) is 14.6. The summed E-state index contributed by atoms with van der Waals surface area (Å²) in [4.78, 5) is 19.8. The van der Waals surface area contributed by atoms with E-state index in [-0.39, 0.29) is 17.7 Å². The summed E-state index contributed by atoms with van der Waals surface area (Å²) in [6.07, 6.45) is 1.80. The lowest BCUT2D eigenvalue weighted by molar-refractivity contribution is -0.123. The van der Waals surface area contributed by atoms with Crippen LogP contribution in [0.5, 0.6) is 11.5 Å². The van der Waals surface area contributed by atoms with Gasteiger partial charge in [0.05, 0.1) is 17.2 Å². The third-order valence-corrected chi connectivity index (χ3v) is 4.90. The monoisotopic (exact) mass is 382 g/mol. The van der Waals surface area contributed by atoms with Crippen LogP contribution in [0.15, 0.2) is 58.4 Å². The number of amidine groups is 1. The van der Waals surface area contributed by atoms with Crippen LogP contribution in [0, 0.1) is 0 Å². The van der Waals surface area contributed by atoms with Crippen LogP contribution >= 0.6 is 11.8 Å². The van der Waals surface area contributed by atoms with Crippen molar-refractivity contribution in [1.82, 2.24) is 4.90 Å². The third kappa shape index (κ3) is 4.34. The fraction of sp³-hybridized carbons (Fsp3) is 0.238. The molecular weight excluding hydrogens is 360 g/mol. The van der Waals surface area contributed by atoms with E-state index in [1.165, 1.54) is 11.8 Å². The highest BCUT2D eigenvalue weighted by Gasteiger charge is 2.35. The van der Waals surface area contributed by atoms with Crippen molar-refractivity contribution in [1.29, 1.82) is 0 Å². The molecule has 0 spiro atoms. The lowest BCUT2D eigenvalue weighted by Crippen LogP contribution is -2.35. The number of aliphatic imine (C=N–C) groups is 1. The van der Waals surface area contributed by atoms with Crippen LogP contribution in [-0.4, -0.2) is 33.7 Å². The van der Waals surface area contributed by atoms with Crippen LogP contribution in [0.3, 0.4) is 0 Å². The molecule has 2 aromatic rings. The maximum absolute atomic E-state index is 12.9. The molecule has 1 aliphatic rings. The van der Waals surface area contributed by atoms with E-state index in [0.717, 1.165) is 11.3 Å². The number of carbonyl (C=O) groups is 1. The van der Waals surface area contributed by atoms with Crippen molar-refractivity contribution < 1.29 is 14.6 Å². The SMILES string of the molecule is CCOc1cc(/C=C2/SC(=Nc3ccccc3)N(C(C)C)C2=O)ccc1O. The van der Waals surface area contributed by atoms with E-state index in [9.17, 15) is 9.90 Å². The number of para-hydroxylation sites is 1. The lowest BCUT2D eigenvalue weighted by atomic mass is 10.2. The molecule has 1 N–H and O–H groups in total. The molecule has 1 heterocycles. The van der Waals surface area contributed by atoms with Gasteiger partial charge < -0.3 is 9.84 Å². The third-order valence-electron chi connectivity index (χ3n) is 3.92. The number of phenols is 1. The first-order chi connectivity index (χ1) is 13.0. The molecule has 0 saturated carbocycles. The second-order valence-electron chi connectivity index (χ2n) is 6.27. The van der Waals surface area contributed by atoms with E-state index in [1.807, 2.05) is 51.1 Å². The van der Waals surface area contributed by atoms with Crippen LogP contribution in [0.2, 0.25) is 0 Å². The minimum Gasteiger partial charge on any atom is -0.504 e. The van der Waals surface area contributed by atoms with Crippen LogP contribution in [0.25, 0.3) is 6.08 Å². The number of aromatic hydroxyl groups is 1. The Morgan fingerprint density at radius 2 is 1.96 bits per heavy atom. The van der Waals surface area contributed by atoms with Crippen molar-refractivity contribution in [2.45, 2.75) is 26.8 Å². The Bertz CT molecular complexity index is 892. The molecule has 0 bridgehead atoms. The number of phenolic OH excluding ortho intramolecular Hbond substituents is 1. The van der Waals surface area contributed by atoms with Gasteiger partial charge >= 0.3 is 0 Å². The number of thioether (sulfide) groups is 1. The Morgan fingerprint density at radius 1 is 1.22 bits per heavy atom. The number of rotatable bonds is 5. The Morgan fingerprint density at radius 3 is 2.63 bits per heavy atom. The van der Waals surface area contributed by atoms with E-state index >= 15 is 0 Å². The smallest absolute Gasteiger partial charge is 0.266 e. The summed E-state index contributed by atoms with van der Waals surface area (Å²) in [6.45, 7) is 6.25. The number of carbonyl (C=O) groups excluding carboxylic acids is 1. The minimum absolute atomic E-state index is 0.00262. The highest BCUT2D eigenvalue weighted by molar-refractivity contribution is 8.18. The molecular formula is C21H22N2O3S. The van der Waals surface area contributed by atoms with Gasteiger partial charge in [-0.3, -0.25) is 9.69 Å². The number of ether oxygens (including phenoxy) is 1. The quantitative estimate of drug-likeness (QED) is 0.754. The summed E-state index contributed by atoms with van der Waals surface area (Å²) in [5.41, 5.74) is 1.60. The van der Waals surface area contributed by atoms with Gasteiger partial charge in [0.1, 0.15) is 0 Å². The molecule has 1 fully saturated rings. The fourth-order valence-corrected chi connectivity index (χ4v) is 3.80. The Kier molecular flexibility index (Phi) is 5.86. The van der Waals surface area contributed by atoms with Crippen molar-refractivity contribution in [3.05, 3.63) is 59.0 Å². The Balaban J connectivity index is 1.95. The Labute approximate surface area is 163 Å². The van der Waals surface area contributed by atoms with Gasteiger partial charge in [0, 0.05) is 6.04 Å². The highest BCUT2D eigenvalue weighted by atomic mass is 32.2. The molecule has 1 aliphatic heterocycles. The zero-order valence-electron chi connectivity index (χ0n) is 15.5. The molecule has 0 radical (unpaired) electrons. The van der Waals surface area contributed by atoms with Gasteiger partial charge in [0.25, 0.3) is 5.91 Å². The van der Waals surface area contributed by atoms with E-state index in [4.69, 9.17) is 4.74 Å². The van der Waals surface area contributed by atoms with E-state index < -0.39 is 0 Å². The molecule has 6 heteroatoms. The lowest BCUT2D eigenvalue weighted by Gasteiger charge is -2.19. The minimum atomic E-state index is -0.0734. The topological polar surface area (TPSA) is 62.1 Å². The zero-order valence-corrected chi connectivity index (χ0v) is 16.4. The molecule has 27 heavy (non-hydrogen) atoms. The van der Waals surface area contributed by atoms with E-state index in [0.29, 0.717) is 22.4 Å². The maximum Gasteiger partial charge on any atom is 0.266 e. The number of benzene rings is 2. The summed E-state index contributed by atoms with van der Waals surface area (Å²) < 4.78 is 5.42. The van der Waals surface area contributed by atoms with E-state index in [2.05, 4.69) is 4.99 Å². The van der Waals surface area contributed by atoms with Crippen molar-refractivity contribution in [3.8, 4) is 11.5 Å². The highest BCUT2D eigenvalue weighted by Crippen LogP contribution is 2.36. The molecule has 0 unspecified atom stereocenters. The van der Waals surface area contributed by atoms with Gasteiger partial charge in [0.15, 0.2) is 16.7 Å². The fourth-order valence-electron chi connectivity index (χ4n) is 2.68. The summed E-state index contributed by atoms with van der Waals surface area (Å²) in [5.74, 6) is 0.413. The first kappa shape index (κ1) is 19.0. The number of hydrogen-bond acceptors (Lipinski definition) is 5. The largest absolute Gasteiger partial charge is 0.504 e. The number of nitrogens with zero attached hydrogens (tertiary/aromatic N) is 2. The number of hydrogen-bond donors (Lipinski definition) is 1. The predicted octanol–water partition coefficient (Wildman–Crippen LogP) is 4.80. The summed E-state index contributed by atoms with van der Waals surface area (Å²) in [5, 5.41) is 10.5. The normalized spacial score (nSPS) is 17.3. The van der Waals surface area contributed by atoms with Crippen LogP contribution in [0.4, 0.5) is 5.69 Å². The first-order valence-corrected chi connectivity index (χ1v) is 9.64. The molecule has 0 aromatic heterocycles. The first-order valence-electron chi connectivity index (χ1n) is 8.82. The predicted molar refractivity (Wildman–Crippen MR) is 110 cm³/mol. The van der Waals surface area contributed by atoms with Gasteiger partial charge in [-0.15, -0.1) is 0 Å². The van der Waals surface area contributed by atoms with Gasteiger partial charge in [-0.25, -0.2) is 4.99 Å². The average molecular weight is 382 g/mol. The van der Waals surface area contributed by atoms with Gasteiger partial charge in [0.2, 0.25) is 0 Å².